The molecule has 1 fully saturated rings. The number of hydrogen-bond donors (Lipinski definition) is 2. The Hall–Kier alpha value is -1.18. The molecule has 2 N–H and O–H groups in total. The van der Waals surface area contributed by atoms with E-state index in [1.165, 1.54) is 43.7 Å². The molecule has 0 aliphatic heterocycles. The quantitative estimate of drug-likeness (QED) is 0.701. The van der Waals surface area contributed by atoms with Crippen LogP contribution in [0.2, 0.25) is 0 Å². The highest BCUT2D eigenvalue weighted by atomic mass is 16.3. The number of phenolic OH excluding ortho intramolecular Hbond substituents is 2. The van der Waals surface area contributed by atoms with Gasteiger partial charge >= 0.3 is 0 Å². The average Bonchev–Trinajstić information content (AvgIpc) is 2.58. The molecule has 2 aliphatic rings. The van der Waals surface area contributed by atoms with Crippen LogP contribution in [0.25, 0.3) is 0 Å². The van der Waals surface area contributed by atoms with Gasteiger partial charge in [0.25, 0.3) is 0 Å². The Kier molecular flexibility index (Phi) is 2.13. The van der Waals surface area contributed by atoms with Crippen molar-refractivity contribution in [3.8, 4) is 11.5 Å². The number of hydrogen-bond acceptors (Lipinski definition) is 2. The van der Waals surface area contributed by atoms with Crippen molar-refractivity contribution in [2.24, 2.45) is 0 Å². The van der Waals surface area contributed by atoms with E-state index in [9.17, 15) is 10.2 Å². The van der Waals surface area contributed by atoms with Gasteiger partial charge in [0.2, 0.25) is 0 Å². The van der Waals surface area contributed by atoms with Gasteiger partial charge in [0.1, 0.15) is 11.5 Å². The fraction of sp³-hybridized carbons (Fsp3) is 0.571. The lowest BCUT2D eigenvalue weighted by molar-refractivity contribution is 0.284. The standard InChI is InChI=1S/C14H18O2/c15-11-8-10-4-7-14(5-2-1-3-6-14)13(10)12(16)9-11/h8-9,15-16H,1-7H2. The van der Waals surface area contributed by atoms with Gasteiger partial charge in [0.15, 0.2) is 0 Å². The van der Waals surface area contributed by atoms with Crippen LogP contribution < -0.4 is 0 Å². The van der Waals surface area contributed by atoms with Crippen molar-refractivity contribution in [3.05, 3.63) is 23.3 Å². The summed E-state index contributed by atoms with van der Waals surface area (Å²) < 4.78 is 0. The van der Waals surface area contributed by atoms with Gasteiger partial charge in [-0.25, -0.2) is 0 Å². The van der Waals surface area contributed by atoms with Gasteiger partial charge in [0.05, 0.1) is 0 Å². The fourth-order valence-electron chi connectivity index (χ4n) is 3.71. The molecule has 86 valence electrons. The lowest BCUT2D eigenvalue weighted by atomic mass is 9.70. The lowest BCUT2D eigenvalue weighted by Crippen LogP contribution is -2.26. The molecule has 0 heterocycles. The lowest BCUT2D eigenvalue weighted by Gasteiger charge is -2.34. The molecule has 2 nitrogen and oxygen atoms in total. The largest absolute Gasteiger partial charge is 0.508 e. The zero-order valence-electron chi connectivity index (χ0n) is 9.50. The topological polar surface area (TPSA) is 40.5 Å². The van der Waals surface area contributed by atoms with Crippen LogP contribution in [0.4, 0.5) is 0 Å². The first-order valence-electron chi connectivity index (χ1n) is 6.27. The minimum absolute atomic E-state index is 0.198. The molecule has 3 rings (SSSR count). The maximum Gasteiger partial charge on any atom is 0.123 e. The van der Waals surface area contributed by atoms with Crippen LogP contribution in [0.5, 0.6) is 11.5 Å². The van der Waals surface area contributed by atoms with Crippen molar-refractivity contribution in [2.45, 2.75) is 50.4 Å². The van der Waals surface area contributed by atoms with E-state index in [4.69, 9.17) is 0 Å². The Morgan fingerprint density at radius 1 is 0.938 bits per heavy atom. The summed E-state index contributed by atoms with van der Waals surface area (Å²) in [4.78, 5) is 0. The molecule has 1 saturated carbocycles. The summed E-state index contributed by atoms with van der Waals surface area (Å²) in [6.45, 7) is 0. The van der Waals surface area contributed by atoms with Crippen molar-refractivity contribution in [1.29, 1.82) is 0 Å². The van der Waals surface area contributed by atoms with E-state index in [-0.39, 0.29) is 11.2 Å². The predicted octanol–water partition coefficient (Wildman–Crippen LogP) is 3.25. The van der Waals surface area contributed by atoms with Gasteiger partial charge in [0, 0.05) is 11.6 Å². The molecular formula is C14H18O2. The number of aryl methyl sites for hydroxylation is 1. The molecule has 1 aromatic carbocycles. The first kappa shape index (κ1) is 10.0. The summed E-state index contributed by atoms with van der Waals surface area (Å²) in [5, 5.41) is 19.6. The summed E-state index contributed by atoms with van der Waals surface area (Å²) in [5.41, 5.74) is 2.54. The minimum atomic E-state index is 0.198. The van der Waals surface area contributed by atoms with E-state index in [0.29, 0.717) is 5.75 Å². The van der Waals surface area contributed by atoms with Crippen LogP contribution in [0, 0.1) is 0 Å². The second-order valence-corrected chi connectivity index (χ2v) is 5.34. The average molecular weight is 218 g/mol. The first-order chi connectivity index (χ1) is 7.71. The van der Waals surface area contributed by atoms with Gasteiger partial charge in [-0.15, -0.1) is 0 Å². The van der Waals surface area contributed by atoms with E-state index in [0.717, 1.165) is 18.4 Å². The Balaban J connectivity index is 2.10. The van der Waals surface area contributed by atoms with Crippen LogP contribution >= 0.6 is 0 Å². The van der Waals surface area contributed by atoms with E-state index >= 15 is 0 Å². The van der Waals surface area contributed by atoms with E-state index < -0.39 is 0 Å². The maximum absolute atomic E-state index is 10.1. The second-order valence-electron chi connectivity index (χ2n) is 5.34. The zero-order valence-corrected chi connectivity index (χ0v) is 9.50. The number of benzene rings is 1. The number of rotatable bonds is 0. The molecular weight excluding hydrogens is 200 g/mol. The van der Waals surface area contributed by atoms with Crippen molar-refractivity contribution in [1.82, 2.24) is 0 Å². The van der Waals surface area contributed by atoms with Gasteiger partial charge in [-0.3, -0.25) is 0 Å². The molecule has 1 aromatic rings. The minimum Gasteiger partial charge on any atom is -0.508 e. The molecule has 0 radical (unpaired) electrons. The van der Waals surface area contributed by atoms with Gasteiger partial charge in [-0.05, 0) is 42.7 Å². The second kappa shape index (κ2) is 3.41. The van der Waals surface area contributed by atoms with Crippen molar-refractivity contribution in [2.75, 3.05) is 0 Å². The molecule has 2 heteroatoms. The Morgan fingerprint density at radius 2 is 1.69 bits per heavy atom. The molecule has 0 aromatic heterocycles. The monoisotopic (exact) mass is 218 g/mol. The smallest absolute Gasteiger partial charge is 0.123 e. The summed E-state index contributed by atoms with van der Waals surface area (Å²) in [5.74, 6) is 0.513. The van der Waals surface area contributed by atoms with Crippen molar-refractivity contribution >= 4 is 0 Å². The Labute approximate surface area is 95.9 Å². The molecule has 0 saturated heterocycles. The highest BCUT2D eigenvalue weighted by Gasteiger charge is 2.41. The summed E-state index contributed by atoms with van der Waals surface area (Å²) in [6.07, 6.45) is 8.46. The highest BCUT2D eigenvalue weighted by Crippen LogP contribution is 2.52. The van der Waals surface area contributed by atoms with Gasteiger partial charge < -0.3 is 10.2 Å². The zero-order chi connectivity index (χ0) is 11.2. The van der Waals surface area contributed by atoms with Crippen LogP contribution in [0.15, 0.2) is 12.1 Å². The summed E-state index contributed by atoms with van der Waals surface area (Å²) in [7, 11) is 0. The fourth-order valence-corrected chi connectivity index (χ4v) is 3.71. The van der Waals surface area contributed by atoms with Crippen molar-refractivity contribution in [3.63, 3.8) is 0 Å². The Bertz CT molecular complexity index is 417. The highest BCUT2D eigenvalue weighted by molar-refractivity contribution is 5.52. The van der Waals surface area contributed by atoms with E-state index in [1.807, 2.05) is 6.07 Å². The third-order valence-electron chi connectivity index (χ3n) is 4.40. The van der Waals surface area contributed by atoms with Crippen LogP contribution in [0.1, 0.15) is 49.7 Å². The normalized spacial score (nSPS) is 22.2. The number of phenols is 2. The maximum atomic E-state index is 10.1. The molecule has 16 heavy (non-hydrogen) atoms. The van der Waals surface area contributed by atoms with Crippen LogP contribution in [0.3, 0.4) is 0 Å². The predicted molar refractivity (Wildman–Crippen MR) is 62.9 cm³/mol. The molecule has 0 bridgehead atoms. The van der Waals surface area contributed by atoms with Gasteiger partial charge in [-0.1, -0.05) is 19.3 Å². The first-order valence-corrected chi connectivity index (χ1v) is 6.27. The molecule has 0 atom stereocenters. The van der Waals surface area contributed by atoms with Crippen LogP contribution in [-0.2, 0) is 11.8 Å². The SMILES string of the molecule is Oc1cc(O)c2c(c1)CCC21CCCCC1. The summed E-state index contributed by atoms with van der Waals surface area (Å²) >= 11 is 0. The number of aromatic hydroxyl groups is 2. The molecule has 0 amide bonds. The third-order valence-corrected chi connectivity index (χ3v) is 4.40. The van der Waals surface area contributed by atoms with Crippen LogP contribution in [-0.4, -0.2) is 10.2 Å². The molecule has 0 unspecified atom stereocenters. The van der Waals surface area contributed by atoms with Crippen molar-refractivity contribution < 1.29 is 10.2 Å². The third kappa shape index (κ3) is 1.32. The van der Waals surface area contributed by atoms with E-state index in [2.05, 4.69) is 0 Å². The summed E-state index contributed by atoms with van der Waals surface area (Å²) in [6, 6.07) is 3.33. The van der Waals surface area contributed by atoms with Gasteiger partial charge in [-0.2, -0.15) is 0 Å². The molecule has 1 spiro atoms. The van der Waals surface area contributed by atoms with E-state index in [1.54, 1.807) is 0 Å². The Morgan fingerprint density at radius 3 is 2.44 bits per heavy atom. The molecule has 2 aliphatic carbocycles. The number of fused-ring (bicyclic) bond motifs is 2.